The fourth-order valence-electron chi connectivity index (χ4n) is 2.86. The average molecular weight is 372 g/mol. The Morgan fingerprint density at radius 3 is 2.38 bits per heavy atom. The van der Waals surface area contributed by atoms with Crippen LogP contribution in [-0.2, 0) is 4.79 Å². The fraction of sp³-hybridized carbons (Fsp3) is 0.474. The first-order chi connectivity index (χ1) is 12.3. The fourth-order valence-corrected chi connectivity index (χ4v) is 3.29. The van der Waals surface area contributed by atoms with Crippen LogP contribution in [0, 0.1) is 6.92 Å². The summed E-state index contributed by atoms with van der Waals surface area (Å²) in [5.74, 6) is -0.416. The molecule has 0 spiro atoms. The third-order valence-corrected chi connectivity index (χ3v) is 4.68. The normalized spacial score (nSPS) is 15.4. The van der Waals surface area contributed by atoms with Gasteiger partial charge in [0.2, 0.25) is 5.91 Å². The molecule has 0 unspecified atom stereocenters. The monoisotopic (exact) mass is 372 g/mol. The van der Waals surface area contributed by atoms with Crippen LogP contribution in [0.3, 0.4) is 0 Å². The third-order valence-electron chi connectivity index (χ3n) is 4.17. The lowest BCUT2D eigenvalue weighted by atomic mass is 10.00. The van der Waals surface area contributed by atoms with Crippen molar-refractivity contribution in [2.75, 3.05) is 0 Å². The number of nitrogens with zero attached hydrogens (tertiary/aromatic N) is 3. The van der Waals surface area contributed by atoms with Crippen LogP contribution in [-0.4, -0.2) is 37.9 Å². The summed E-state index contributed by atoms with van der Waals surface area (Å²) in [5, 5.41) is 8.58. The summed E-state index contributed by atoms with van der Waals surface area (Å²) in [6.07, 6.45) is 1.79. The maximum atomic E-state index is 13.2. The molecule has 0 radical (unpaired) electrons. The van der Waals surface area contributed by atoms with Crippen LogP contribution in [0.4, 0.5) is 0 Å². The summed E-state index contributed by atoms with van der Waals surface area (Å²) in [4.78, 5) is 27.9. The maximum absolute atomic E-state index is 13.2. The predicted molar refractivity (Wildman–Crippen MR) is 101 cm³/mol. The minimum Gasteiger partial charge on any atom is -0.349 e. The van der Waals surface area contributed by atoms with Gasteiger partial charge in [0, 0.05) is 17.0 Å². The van der Waals surface area contributed by atoms with Crippen LogP contribution in [0.15, 0.2) is 29.6 Å². The number of hydrogen-bond donors (Lipinski definition) is 1. The summed E-state index contributed by atoms with van der Waals surface area (Å²) in [7, 11) is 0. The first-order valence-electron chi connectivity index (χ1n) is 8.74. The highest BCUT2D eigenvalue weighted by molar-refractivity contribution is 7.03. The molecule has 7 heteroatoms. The van der Waals surface area contributed by atoms with Crippen molar-refractivity contribution in [1.82, 2.24) is 19.8 Å². The average Bonchev–Trinajstić information content (AvgIpc) is 3.23. The molecule has 3 rings (SSSR count). The Kier molecular flexibility index (Phi) is 5.09. The quantitative estimate of drug-likeness (QED) is 0.875. The number of aryl methyl sites for hydroxylation is 1. The van der Waals surface area contributed by atoms with Crippen LogP contribution >= 0.6 is 11.5 Å². The smallest absolute Gasteiger partial charge is 0.276 e. The summed E-state index contributed by atoms with van der Waals surface area (Å²) >= 11 is 1.14. The Morgan fingerprint density at radius 1 is 1.23 bits per heavy atom. The van der Waals surface area contributed by atoms with E-state index in [0.717, 1.165) is 35.5 Å². The van der Waals surface area contributed by atoms with E-state index in [1.165, 1.54) is 0 Å². The molecule has 1 fully saturated rings. The molecule has 1 aromatic heterocycles. The Morgan fingerprint density at radius 2 is 1.88 bits per heavy atom. The van der Waals surface area contributed by atoms with E-state index in [-0.39, 0.29) is 23.4 Å². The molecule has 0 bridgehead atoms. The summed E-state index contributed by atoms with van der Waals surface area (Å²) in [6.45, 7) is 7.80. The van der Waals surface area contributed by atoms with E-state index in [4.69, 9.17) is 0 Å². The second-order valence-electron chi connectivity index (χ2n) is 7.79. The Bertz CT molecular complexity index is 777. The number of nitrogens with one attached hydrogen (secondary N) is 1. The molecular weight excluding hydrogens is 348 g/mol. The van der Waals surface area contributed by atoms with Gasteiger partial charge in [-0.15, -0.1) is 5.10 Å². The molecule has 138 valence electrons. The van der Waals surface area contributed by atoms with E-state index in [0.29, 0.717) is 5.69 Å². The molecule has 1 atom stereocenters. The van der Waals surface area contributed by atoms with Crippen molar-refractivity contribution in [2.45, 2.75) is 58.2 Å². The lowest BCUT2D eigenvalue weighted by molar-refractivity contribution is -0.127. The standard InChI is InChI=1S/C19H24N4O2S/c1-12-5-7-13(8-6-12)16(17(24)20-19(2,3)4)23(14-9-10-14)18(25)15-11-26-22-21-15/h5-8,11,14,16H,9-10H2,1-4H3,(H,20,24)/t16-/m0/s1. The molecule has 1 aliphatic rings. The van der Waals surface area contributed by atoms with Crippen molar-refractivity contribution in [2.24, 2.45) is 0 Å². The molecule has 1 saturated carbocycles. The number of hydrogen-bond acceptors (Lipinski definition) is 5. The summed E-state index contributed by atoms with van der Waals surface area (Å²) in [5.41, 5.74) is 1.82. The van der Waals surface area contributed by atoms with Gasteiger partial charge in [0.25, 0.3) is 5.91 Å². The molecular formula is C19H24N4O2S. The van der Waals surface area contributed by atoms with Crippen molar-refractivity contribution in [1.29, 1.82) is 0 Å². The SMILES string of the molecule is Cc1ccc([C@@H](C(=O)NC(C)(C)C)N(C(=O)c2csnn2)C2CC2)cc1. The van der Waals surface area contributed by atoms with Crippen molar-refractivity contribution >= 4 is 23.3 Å². The zero-order valence-corrected chi connectivity index (χ0v) is 16.3. The van der Waals surface area contributed by atoms with Gasteiger partial charge in [0.1, 0.15) is 6.04 Å². The molecule has 1 aromatic carbocycles. The largest absolute Gasteiger partial charge is 0.349 e. The van der Waals surface area contributed by atoms with Crippen molar-refractivity contribution in [3.05, 3.63) is 46.5 Å². The van der Waals surface area contributed by atoms with E-state index in [2.05, 4.69) is 14.9 Å². The first kappa shape index (κ1) is 18.5. The van der Waals surface area contributed by atoms with Crippen LogP contribution in [0.25, 0.3) is 0 Å². The highest BCUT2D eigenvalue weighted by Crippen LogP contribution is 2.36. The highest BCUT2D eigenvalue weighted by atomic mass is 32.1. The summed E-state index contributed by atoms with van der Waals surface area (Å²) in [6, 6.07) is 7.14. The van der Waals surface area contributed by atoms with Crippen LogP contribution in [0.5, 0.6) is 0 Å². The van der Waals surface area contributed by atoms with Gasteiger partial charge in [-0.05, 0) is 57.6 Å². The topological polar surface area (TPSA) is 75.2 Å². The molecule has 2 amide bonds. The second kappa shape index (κ2) is 7.15. The predicted octanol–water partition coefficient (Wildman–Crippen LogP) is 3.11. The zero-order chi connectivity index (χ0) is 18.9. The van der Waals surface area contributed by atoms with E-state index < -0.39 is 6.04 Å². The van der Waals surface area contributed by atoms with E-state index in [9.17, 15) is 9.59 Å². The van der Waals surface area contributed by atoms with Crippen molar-refractivity contribution in [3.8, 4) is 0 Å². The first-order valence-corrected chi connectivity index (χ1v) is 9.58. The Hall–Kier alpha value is -2.28. The number of carbonyl (C=O) groups excluding carboxylic acids is 2. The van der Waals surface area contributed by atoms with Crippen LogP contribution in [0.1, 0.15) is 61.3 Å². The van der Waals surface area contributed by atoms with Crippen molar-refractivity contribution < 1.29 is 9.59 Å². The molecule has 1 heterocycles. The zero-order valence-electron chi connectivity index (χ0n) is 15.5. The lowest BCUT2D eigenvalue weighted by Crippen LogP contribution is -2.50. The van der Waals surface area contributed by atoms with Gasteiger partial charge in [0.05, 0.1) is 0 Å². The van der Waals surface area contributed by atoms with Crippen molar-refractivity contribution in [3.63, 3.8) is 0 Å². The minimum atomic E-state index is -0.684. The van der Waals surface area contributed by atoms with Gasteiger partial charge in [-0.3, -0.25) is 9.59 Å². The van der Waals surface area contributed by atoms with E-state index >= 15 is 0 Å². The number of benzene rings is 1. The molecule has 1 N–H and O–H groups in total. The van der Waals surface area contributed by atoms with Gasteiger partial charge in [-0.1, -0.05) is 34.3 Å². The highest BCUT2D eigenvalue weighted by Gasteiger charge is 2.42. The van der Waals surface area contributed by atoms with Gasteiger partial charge in [0.15, 0.2) is 5.69 Å². The number of amides is 2. The molecule has 26 heavy (non-hydrogen) atoms. The van der Waals surface area contributed by atoms with E-state index in [1.54, 1.807) is 10.3 Å². The molecule has 2 aromatic rings. The minimum absolute atomic E-state index is 0.0567. The molecule has 6 nitrogen and oxygen atoms in total. The summed E-state index contributed by atoms with van der Waals surface area (Å²) < 4.78 is 3.80. The second-order valence-corrected chi connectivity index (χ2v) is 8.40. The Balaban J connectivity index is 2.00. The molecule has 0 saturated heterocycles. The third kappa shape index (κ3) is 4.27. The number of carbonyl (C=O) groups is 2. The van der Waals surface area contributed by atoms with Crippen LogP contribution in [0.2, 0.25) is 0 Å². The van der Waals surface area contributed by atoms with Gasteiger partial charge < -0.3 is 10.2 Å². The number of aromatic nitrogens is 2. The van der Waals surface area contributed by atoms with E-state index in [1.807, 2.05) is 52.0 Å². The molecule has 1 aliphatic carbocycles. The lowest BCUT2D eigenvalue weighted by Gasteiger charge is -2.33. The maximum Gasteiger partial charge on any atom is 0.276 e. The molecule has 0 aliphatic heterocycles. The van der Waals surface area contributed by atoms with Gasteiger partial charge in [-0.2, -0.15) is 0 Å². The van der Waals surface area contributed by atoms with Crippen LogP contribution < -0.4 is 5.32 Å². The Labute approximate surface area is 157 Å². The van der Waals surface area contributed by atoms with Gasteiger partial charge in [-0.25, -0.2) is 0 Å². The number of rotatable bonds is 5. The van der Waals surface area contributed by atoms with Gasteiger partial charge >= 0.3 is 0 Å².